The molecule has 2 amide bonds. The zero-order valence-electron chi connectivity index (χ0n) is 32.7. The van der Waals surface area contributed by atoms with E-state index in [1.165, 1.54) is 25.4 Å². The molecule has 6 rings (SSSR count). The summed E-state index contributed by atoms with van der Waals surface area (Å²) in [6.45, 7) is 18.4. The molecule has 3 aromatic rings. The van der Waals surface area contributed by atoms with Crippen molar-refractivity contribution in [2.45, 2.75) is 84.0 Å². The molecule has 2 fully saturated rings. The van der Waals surface area contributed by atoms with Gasteiger partial charge >= 0.3 is 12.1 Å². The van der Waals surface area contributed by atoms with Gasteiger partial charge in [-0.15, -0.1) is 0 Å². The minimum Gasteiger partial charge on any atom is -0.464 e. The highest BCUT2D eigenvalue weighted by atomic mass is 19.1. The number of anilines is 2. The summed E-state index contributed by atoms with van der Waals surface area (Å²) in [5.41, 5.74) is 2.80. The van der Waals surface area contributed by atoms with Gasteiger partial charge in [-0.1, -0.05) is 26.0 Å². The Bertz CT molecular complexity index is 1830. The maximum absolute atomic E-state index is 14.4. The topological polar surface area (TPSA) is 125 Å². The lowest BCUT2D eigenvalue weighted by molar-refractivity contribution is -0.121. The van der Waals surface area contributed by atoms with Crippen molar-refractivity contribution in [2.24, 2.45) is 0 Å². The van der Waals surface area contributed by atoms with Gasteiger partial charge in [0.1, 0.15) is 17.2 Å². The lowest BCUT2D eigenvalue weighted by atomic mass is 9.91. The molecule has 3 aliphatic rings. The van der Waals surface area contributed by atoms with Gasteiger partial charge in [-0.05, 0) is 70.4 Å². The first kappa shape index (κ1) is 39.0. The lowest BCUT2D eigenvalue weighted by Gasteiger charge is -2.48. The van der Waals surface area contributed by atoms with E-state index in [0.717, 1.165) is 29.1 Å². The van der Waals surface area contributed by atoms with Gasteiger partial charge in [0.05, 0.1) is 37.4 Å². The van der Waals surface area contributed by atoms with Gasteiger partial charge in [-0.25, -0.2) is 23.9 Å². The Balaban J connectivity index is 1.19. The normalized spacial score (nSPS) is 21.9. The van der Waals surface area contributed by atoms with E-state index in [4.69, 9.17) is 14.5 Å². The Labute approximate surface area is 317 Å². The molecule has 13 nitrogen and oxygen atoms in total. The van der Waals surface area contributed by atoms with Gasteiger partial charge in [0.2, 0.25) is 5.91 Å². The van der Waals surface area contributed by atoms with Crippen molar-refractivity contribution < 1.29 is 28.2 Å². The van der Waals surface area contributed by atoms with Crippen LogP contribution in [0.15, 0.2) is 48.9 Å². The predicted octanol–water partition coefficient (Wildman–Crippen LogP) is 4.53. The Hall–Kier alpha value is -4.69. The van der Waals surface area contributed by atoms with Gasteiger partial charge in [0, 0.05) is 75.6 Å². The van der Waals surface area contributed by atoms with Crippen molar-refractivity contribution in [3.05, 3.63) is 77.3 Å². The highest BCUT2D eigenvalue weighted by molar-refractivity contribution is 5.97. The second-order valence-electron chi connectivity index (χ2n) is 16.5. The number of hydrogen-bond donors (Lipinski definition) is 0. The Kier molecular flexibility index (Phi) is 11.3. The Morgan fingerprint density at radius 2 is 1.65 bits per heavy atom. The van der Waals surface area contributed by atoms with Gasteiger partial charge in [0.25, 0.3) is 0 Å². The molecule has 54 heavy (non-hydrogen) atoms. The third-order valence-corrected chi connectivity index (χ3v) is 10.5. The second-order valence-corrected chi connectivity index (χ2v) is 16.5. The lowest BCUT2D eigenvalue weighted by Crippen LogP contribution is -2.65. The smallest absolute Gasteiger partial charge is 0.410 e. The number of fused-ring (bicyclic) bond motifs is 1. The summed E-state index contributed by atoms with van der Waals surface area (Å²) in [5.74, 6) is -0.136. The van der Waals surface area contributed by atoms with Crippen molar-refractivity contribution in [3.8, 4) is 0 Å². The van der Waals surface area contributed by atoms with E-state index < -0.39 is 11.6 Å². The fourth-order valence-electron chi connectivity index (χ4n) is 7.68. The molecular formula is C40H53FN8O5. The summed E-state index contributed by atoms with van der Waals surface area (Å²) in [7, 11) is 1.31. The van der Waals surface area contributed by atoms with Gasteiger partial charge in [-0.3, -0.25) is 19.6 Å². The molecule has 2 aromatic heterocycles. The van der Waals surface area contributed by atoms with Crippen LogP contribution in [0.3, 0.4) is 0 Å². The molecule has 0 aliphatic carbocycles. The summed E-state index contributed by atoms with van der Waals surface area (Å²) in [5, 5.41) is 0. The molecule has 0 spiro atoms. The molecule has 0 saturated carbocycles. The number of rotatable bonds is 8. The Morgan fingerprint density at radius 3 is 2.30 bits per heavy atom. The summed E-state index contributed by atoms with van der Waals surface area (Å²) < 4.78 is 24.1. The molecule has 14 heteroatoms. The van der Waals surface area contributed by atoms with E-state index in [1.54, 1.807) is 23.2 Å². The molecule has 0 radical (unpaired) electrons. The number of halogens is 1. The minimum atomic E-state index is -0.637. The average Bonchev–Trinajstić information content (AvgIpc) is 3.39. The first-order valence-corrected chi connectivity index (χ1v) is 18.7. The van der Waals surface area contributed by atoms with Crippen LogP contribution < -0.4 is 9.80 Å². The minimum absolute atomic E-state index is 0.0164. The van der Waals surface area contributed by atoms with Crippen LogP contribution in [0.25, 0.3) is 0 Å². The van der Waals surface area contributed by atoms with E-state index in [9.17, 15) is 18.8 Å². The van der Waals surface area contributed by atoms with Crippen LogP contribution in [0.1, 0.15) is 75.8 Å². The van der Waals surface area contributed by atoms with Crippen LogP contribution >= 0.6 is 0 Å². The van der Waals surface area contributed by atoms with Crippen molar-refractivity contribution in [1.82, 2.24) is 29.7 Å². The van der Waals surface area contributed by atoms with E-state index in [-0.39, 0.29) is 53.6 Å². The quantitative estimate of drug-likeness (QED) is 0.302. The maximum atomic E-state index is 14.4. The van der Waals surface area contributed by atoms with Crippen molar-refractivity contribution in [3.63, 3.8) is 0 Å². The first-order chi connectivity index (χ1) is 25.5. The van der Waals surface area contributed by atoms with Crippen LogP contribution in [0, 0.1) is 5.82 Å². The molecule has 1 aromatic carbocycles. The van der Waals surface area contributed by atoms with E-state index >= 15 is 0 Å². The first-order valence-electron chi connectivity index (χ1n) is 18.7. The highest BCUT2D eigenvalue weighted by Crippen LogP contribution is 2.40. The van der Waals surface area contributed by atoms with Crippen molar-refractivity contribution in [2.75, 3.05) is 69.3 Å². The van der Waals surface area contributed by atoms with Crippen LogP contribution in [-0.2, 0) is 26.1 Å². The number of benzene rings is 1. The molecule has 0 unspecified atom stereocenters. The van der Waals surface area contributed by atoms with Gasteiger partial charge < -0.3 is 24.2 Å². The highest BCUT2D eigenvalue weighted by Gasteiger charge is 2.43. The van der Waals surface area contributed by atoms with Crippen LogP contribution in [0.4, 0.5) is 20.7 Å². The molecule has 5 heterocycles. The number of pyridine rings is 1. The van der Waals surface area contributed by atoms with E-state index in [2.05, 4.69) is 45.4 Å². The number of ether oxygens (including phenoxy) is 2. The SMILES string of the molecule is COC(=O)c1cnc(N2CCN(C[C@H]3CN(C(=O)OC(C)(C)C)[C@H](C)CN3CC(=O)N3CC(C)(C)c4ncc(Cc5ccc(F)cc5)cc43)[C@H](C)C2)cn1. The summed E-state index contributed by atoms with van der Waals surface area (Å²) in [4.78, 5) is 63.7. The zero-order valence-corrected chi connectivity index (χ0v) is 32.7. The van der Waals surface area contributed by atoms with Crippen molar-refractivity contribution >= 4 is 29.5 Å². The number of carbonyl (C=O) groups excluding carboxylic acids is 3. The van der Waals surface area contributed by atoms with Crippen molar-refractivity contribution in [1.29, 1.82) is 0 Å². The van der Waals surface area contributed by atoms with E-state index in [1.807, 2.05) is 44.9 Å². The molecule has 0 bridgehead atoms. The number of amides is 2. The average molecular weight is 745 g/mol. The maximum Gasteiger partial charge on any atom is 0.410 e. The Morgan fingerprint density at radius 1 is 0.907 bits per heavy atom. The molecule has 0 N–H and O–H groups in total. The third kappa shape index (κ3) is 8.81. The monoisotopic (exact) mass is 744 g/mol. The summed E-state index contributed by atoms with van der Waals surface area (Å²) in [6, 6.07) is 8.32. The fourth-order valence-corrected chi connectivity index (χ4v) is 7.68. The molecular weight excluding hydrogens is 691 g/mol. The van der Waals surface area contributed by atoms with Crippen LogP contribution in [0.2, 0.25) is 0 Å². The van der Waals surface area contributed by atoms with Gasteiger partial charge in [0.15, 0.2) is 5.69 Å². The second kappa shape index (κ2) is 15.6. The van der Waals surface area contributed by atoms with E-state index in [0.29, 0.717) is 51.5 Å². The molecule has 3 atom stereocenters. The van der Waals surface area contributed by atoms with Gasteiger partial charge in [-0.2, -0.15) is 0 Å². The number of hydrogen-bond acceptors (Lipinski definition) is 11. The number of aromatic nitrogens is 3. The largest absolute Gasteiger partial charge is 0.464 e. The summed E-state index contributed by atoms with van der Waals surface area (Å²) >= 11 is 0. The number of methoxy groups -OCH3 is 1. The number of piperazine rings is 2. The molecule has 2 saturated heterocycles. The van der Waals surface area contributed by atoms with Crippen LogP contribution in [-0.4, -0.2) is 131 Å². The standard InChI is InChI=1S/C40H53FN8O5/c1-26-20-46(34-19-42-32(18-43-34)37(51)53-8)14-13-45(26)22-31-23-48(38(52)54-39(3,4)5)27(2)21-47(31)24-35(50)49-25-40(6,7)36-33(49)16-29(17-44-36)15-28-9-11-30(41)12-10-28/h9-12,16-19,26-27,31H,13-15,20-25H2,1-8H3/t26-,27-,31+/m1/s1. The number of nitrogens with zero attached hydrogens (tertiary/aromatic N) is 8. The zero-order chi connectivity index (χ0) is 38.9. The molecule has 290 valence electrons. The van der Waals surface area contributed by atoms with Crippen LogP contribution in [0.5, 0.6) is 0 Å². The predicted molar refractivity (Wildman–Crippen MR) is 203 cm³/mol. The fraction of sp³-hybridized carbons (Fsp3) is 0.550. The number of esters is 1. The third-order valence-electron chi connectivity index (χ3n) is 10.5. The molecule has 3 aliphatic heterocycles. The summed E-state index contributed by atoms with van der Waals surface area (Å²) in [6.07, 6.45) is 5.11. The number of carbonyl (C=O) groups is 3.